The molecule has 0 unspecified atom stereocenters. The second-order valence-electron chi connectivity index (χ2n) is 8.76. The van der Waals surface area contributed by atoms with Crippen LogP contribution in [0.3, 0.4) is 0 Å². The molecule has 178 valence electrons. The quantitative estimate of drug-likeness (QED) is 0.424. The standard InChI is InChI=1S/C28H23N5O3/c1-30(24-16-15-20-17-29-23-14-8-13-22(24)25(20)23)26(34)32-27(35)31(18-19-9-4-2-5-10-19)33(28(32)36)21-11-6-3-7-12-21/h2-16,29H,17-18H2,1H3. The van der Waals surface area contributed by atoms with Gasteiger partial charge >= 0.3 is 17.4 Å². The second kappa shape index (κ2) is 8.42. The van der Waals surface area contributed by atoms with Crippen molar-refractivity contribution in [2.45, 2.75) is 13.1 Å². The molecule has 8 nitrogen and oxygen atoms in total. The first-order chi connectivity index (χ1) is 17.5. The van der Waals surface area contributed by atoms with Crippen molar-refractivity contribution in [3.63, 3.8) is 0 Å². The van der Waals surface area contributed by atoms with Crippen molar-refractivity contribution in [1.82, 2.24) is 13.9 Å². The average molecular weight is 478 g/mol. The zero-order chi connectivity index (χ0) is 24.8. The van der Waals surface area contributed by atoms with E-state index in [0.717, 1.165) is 34.1 Å². The minimum absolute atomic E-state index is 0.139. The lowest BCUT2D eigenvalue weighted by atomic mass is 10.0. The topological polar surface area (TPSA) is 81.3 Å². The Hall–Kier alpha value is -4.85. The number of para-hydroxylation sites is 1. The van der Waals surface area contributed by atoms with Crippen LogP contribution in [0.15, 0.2) is 101 Å². The lowest BCUT2D eigenvalue weighted by Gasteiger charge is -2.19. The van der Waals surface area contributed by atoms with Crippen LogP contribution in [0.1, 0.15) is 11.1 Å². The minimum Gasteiger partial charge on any atom is -0.380 e. The van der Waals surface area contributed by atoms with Gasteiger partial charge in [-0.25, -0.2) is 19.1 Å². The molecule has 0 fully saturated rings. The number of nitrogens with one attached hydrogen (secondary N) is 1. The fourth-order valence-electron chi connectivity index (χ4n) is 4.85. The maximum absolute atomic E-state index is 13.7. The smallest absolute Gasteiger partial charge is 0.360 e. The van der Waals surface area contributed by atoms with E-state index in [1.807, 2.05) is 66.7 Å². The monoisotopic (exact) mass is 477 g/mol. The highest BCUT2D eigenvalue weighted by Gasteiger charge is 2.27. The largest absolute Gasteiger partial charge is 0.380 e. The second-order valence-corrected chi connectivity index (χ2v) is 8.76. The molecule has 0 saturated carbocycles. The molecule has 6 rings (SSSR count). The molecular weight excluding hydrogens is 454 g/mol. The number of carbonyl (C=O) groups is 1. The lowest BCUT2D eigenvalue weighted by Crippen LogP contribution is -2.43. The molecule has 8 heteroatoms. The summed E-state index contributed by atoms with van der Waals surface area (Å²) < 4.78 is 3.27. The van der Waals surface area contributed by atoms with Crippen LogP contribution in [0, 0.1) is 0 Å². The third-order valence-electron chi connectivity index (χ3n) is 6.61. The number of anilines is 2. The summed E-state index contributed by atoms with van der Waals surface area (Å²) in [5.41, 5.74) is 2.69. The maximum atomic E-state index is 13.7. The molecule has 1 amide bonds. The summed E-state index contributed by atoms with van der Waals surface area (Å²) in [4.78, 5) is 42.3. The predicted molar refractivity (Wildman–Crippen MR) is 140 cm³/mol. The van der Waals surface area contributed by atoms with Crippen LogP contribution in [-0.2, 0) is 13.1 Å². The zero-order valence-electron chi connectivity index (χ0n) is 19.6. The first-order valence-electron chi connectivity index (χ1n) is 11.7. The van der Waals surface area contributed by atoms with Gasteiger partial charge in [0.15, 0.2) is 0 Å². The fraction of sp³-hybridized carbons (Fsp3) is 0.107. The van der Waals surface area contributed by atoms with Gasteiger partial charge in [-0.3, -0.25) is 4.90 Å². The van der Waals surface area contributed by atoms with Crippen molar-refractivity contribution < 1.29 is 4.79 Å². The highest BCUT2D eigenvalue weighted by atomic mass is 16.2. The first-order valence-corrected chi connectivity index (χ1v) is 11.7. The SMILES string of the molecule is CN(C(=O)n1c(=O)n(Cc2ccccc2)n(-c2ccccc2)c1=O)c1ccc2c3c(cccc13)NC2. The van der Waals surface area contributed by atoms with Crippen molar-refractivity contribution in [2.24, 2.45) is 0 Å². The number of nitrogens with zero attached hydrogens (tertiary/aromatic N) is 4. The zero-order valence-corrected chi connectivity index (χ0v) is 19.6. The molecule has 36 heavy (non-hydrogen) atoms. The van der Waals surface area contributed by atoms with Gasteiger partial charge in [0.1, 0.15) is 0 Å². The number of amides is 1. The first kappa shape index (κ1) is 21.7. The summed E-state index contributed by atoms with van der Waals surface area (Å²) in [6.45, 7) is 0.859. The van der Waals surface area contributed by atoms with Gasteiger partial charge in [-0.2, -0.15) is 9.25 Å². The molecule has 1 aliphatic heterocycles. The van der Waals surface area contributed by atoms with E-state index in [4.69, 9.17) is 0 Å². The van der Waals surface area contributed by atoms with Crippen LogP contribution in [-0.4, -0.2) is 27.0 Å². The molecule has 1 aromatic heterocycles. The molecule has 0 aliphatic carbocycles. The van der Waals surface area contributed by atoms with Crippen molar-refractivity contribution in [3.05, 3.63) is 123 Å². The molecule has 0 spiro atoms. The van der Waals surface area contributed by atoms with Gasteiger partial charge in [0.25, 0.3) is 0 Å². The van der Waals surface area contributed by atoms with Gasteiger partial charge < -0.3 is 5.32 Å². The summed E-state index contributed by atoms with van der Waals surface area (Å²) in [7, 11) is 1.59. The number of aromatic nitrogens is 3. The molecular formula is C28H23N5O3. The van der Waals surface area contributed by atoms with E-state index < -0.39 is 17.4 Å². The van der Waals surface area contributed by atoms with Gasteiger partial charge in [-0.15, -0.1) is 0 Å². The Bertz CT molecular complexity index is 1720. The normalized spacial score (nSPS) is 12.0. The highest BCUT2D eigenvalue weighted by molar-refractivity contribution is 6.09. The van der Waals surface area contributed by atoms with E-state index in [-0.39, 0.29) is 6.54 Å². The highest BCUT2D eigenvalue weighted by Crippen LogP contribution is 2.38. The Morgan fingerprint density at radius 3 is 2.33 bits per heavy atom. The molecule has 0 bridgehead atoms. The third-order valence-corrected chi connectivity index (χ3v) is 6.61. The van der Waals surface area contributed by atoms with Crippen LogP contribution >= 0.6 is 0 Å². The third kappa shape index (κ3) is 3.34. The minimum atomic E-state index is -0.716. The summed E-state index contributed by atoms with van der Waals surface area (Å²) >= 11 is 0. The van der Waals surface area contributed by atoms with Crippen molar-refractivity contribution in [1.29, 1.82) is 0 Å². The van der Waals surface area contributed by atoms with E-state index in [2.05, 4.69) is 5.32 Å². The van der Waals surface area contributed by atoms with Crippen LogP contribution in [0.4, 0.5) is 16.2 Å². The lowest BCUT2D eigenvalue weighted by molar-refractivity contribution is 0.247. The number of hydrogen-bond acceptors (Lipinski definition) is 4. The van der Waals surface area contributed by atoms with Crippen molar-refractivity contribution >= 4 is 28.2 Å². The molecule has 1 aliphatic rings. The average Bonchev–Trinajstić information content (AvgIpc) is 3.44. The van der Waals surface area contributed by atoms with Gasteiger partial charge in [0, 0.05) is 30.1 Å². The van der Waals surface area contributed by atoms with E-state index in [1.165, 1.54) is 14.3 Å². The molecule has 5 aromatic rings. The van der Waals surface area contributed by atoms with Crippen LogP contribution in [0.25, 0.3) is 16.5 Å². The summed E-state index contributed by atoms with van der Waals surface area (Å²) in [5.74, 6) is 0. The molecule has 2 heterocycles. The Kier molecular flexibility index (Phi) is 5.07. The molecule has 0 radical (unpaired) electrons. The summed E-state index contributed by atoms with van der Waals surface area (Å²) in [6.07, 6.45) is 0. The molecule has 0 saturated heterocycles. The van der Waals surface area contributed by atoms with Crippen molar-refractivity contribution in [2.75, 3.05) is 17.3 Å². The molecule has 4 aromatic carbocycles. The Morgan fingerprint density at radius 1 is 0.861 bits per heavy atom. The van der Waals surface area contributed by atoms with E-state index in [1.54, 1.807) is 31.3 Å². The molecule has 0 atom stereocenters. The predicted octanol–water partition coefficient (Wildman–Crippen LogP) is 4.03. The Morgan fingerprint density at radius 2 is 1.58 bits per heavy atom. The summed E-state index contributed by atoms with van der Waals surface area (Å²) in [6, 6.07) is 27.2. The summed E-state index contributed by atoms with van der Waals surface area (Å²) in [5, 5.41) is 5.28. The molecule has 1 N–H and O–H groups in total. The fourth-order valence-corrected chi connectivity index (χ4v) is 4.85. The number of carbonyl (C=O) groups excluding carboxylic acids is 1. The maximum Gasteiger partial charge on any atom is 0.360 e. The Labute approximate surface area is 206 Å². The van der Waals surface area contributed by atoms with E-state index in [0.29, 0.717) is 15.9 Å². The van der Waals surface area contributed by atoms with E-state index >= 15 is 0 Å². The van der Waals surface area contributed by atoms with Crippen molar-refractivity contribution in [3.8, 4) is 5.69 Å². The number of hydrogen-bond donors (Lipinski definition) is 1. The number of rotatable bonds is 4. The number of benzene rings is 4. The Balaban J connectivity index is 1.50. The van der Waals surface area contributed by atoms with E-state index in [9.17, 15) is 14.4 Å². The van der Waals surface area contributed by atoms with Gasteiger partial charge in [0.2, 0.25) is 0 Å². The van der Waals surface area contributed by atoms with Gasteiger partial charge in [-0.05, 0) is 35.4 Å². The van der Waals surface area contributed by atoms with Gasteiger partial charge in [0.05, 0.1) is 17.9 Å². The van der Waals surface area contributed by atoms with Crippen LogP contribution in [0.2, 0.25) is 0 Å². The van der Waals surface area contributed by atoms with Crippen LogP contribution in [0.5, 0.6) is 0 Å². The van der Waals surface area contributed by atoms with Gasteiger partial charge in [-0.1, -0.05) is 66.7 Å². The van der Waals surface area contributed by atoms with Crippen LogP contribution < -0.4 is 21.6 Å².